The van der Waals surface area contributed by atoms with Crippen molar-refractivity contribution in [3.63, 3.8) is 0 Å². The second-order valence-corrected chi connectivity index (χ2v) is 4.85. The normalized spacial score (nSPS) is 12.2. The molecule has 0 saturated heterocycles. The number of benzene rings is 2. The van der Waals surface area contributed by atoms with Crippen molar-refractivity contribution >= 4 is 11.6 Å². The van der Waals surface area contributed by atoms with Crippen LogP contribution in [0.3, 0.4) is 0 Å². The first-order valence-corrected chi connectivity index (χ1v) is 6.83. The van der Waals surface area contributed by atoms with Crippen molar-refractivity contribution in [1.29, 1.82) is 0 Å². The van der Waals surface area contributed by atoms with Crippen LogP contribution in [0.4, 0.5) is 4.39 Å². The van der Waals surface area contributed by atoms with Crippen molar-refractivity contribution in [3.8, 4) is 5.75 Å². The Morgan fingerprint density at radius 2 is 2.00 bits per heavy atom. The van der Waals surface area contributed by atoms with Crippen molar-refractivity contribution in [2.45, 2.75) is 19.4 Å². The van der Waals surface area contributed by atoms with Gasteiger partial charge in [-0.15, -0.1) is 0 Å². The molecule has 2 rings (SSSR count). The molecule has 0 heterocycles. The number of aliphatic hydroxyl groups excluding tert-OH is 1. The Morgan fingerprint density at radius 1 is 1.25 bits per heavy atom. The third-order valence-corrected chi connectivity index (χ3v) is 3.29. The molecular weight excluding hydrogens is 279 g/mol. The Morgan fingerprint density at radius 3 is 2.75 bits per heavy atom. The number of ether oxygens (including phenoxy) is 1. The lowest BCUT2D eigenvalue weighted by Crippen LogP contribution is -2.04. The number of hydrogen-bond acceptors (Lipinski definition) is 2. The Kier molecular flexibility index (Phi) is 4.99. The van der Waals surface area contributed by atoms with Crippen LogP contribution in [0, 0.1) is 5.82 Å². The summed E-state index contributed by atoms with van der Waals surface area (Å²) in [5.41, 5.74) is 1.09. The van der Waals surface area contributed by atoms with Crippen molar-refractivity contribution < 1.29 is 14.2 Å². The van der Waals surface area contributed by atoms with E-state index in [1.54, 1.807) is 30.3 Å². The van der Waals surface area contributed by atoms with Gasteiger partial charge in [-0.1, -0.05) is 35.9 Å². The summed E-state index contributed by atoms with van der Waals surface area (Å²) < 4.78 is 19.2. The molecule has 2 aromatic rings. The Balaban J connectivity index is 2.17. The second-order valence-electron chi connectivity index (χ2n) is 4.44. The lowest BCUT2D eigenvalue weighted by Gasteiger charge is -2.13. The topological polar surface area (TPSA) is 29.5 Å². The van der Waals surface area contributed by atoms with E-state index in [4.69, 9.17) is 16.3 Å². The summed E-state index contributed by atoms with van der Waals surface area (Å²) >= 11 is 5.73. The summed E-state index contributed by atoms with van der Waals surface area (Å²) in [6.45, 7) is 2.45. The van der Waals surface area contributed by atoms with Gasteiger partial charge in [0.15, 0.2) is 0 Å². The molecule has 0 saturated carbocycles. The quantitative estimate of drug-likeness (QED) is 0.897. The third-order valence-electron chi connectivity index (χ3n) is 3.00. The van der Waals surface area contributed by atoms with Crippen LogP contribution in [-0.4, -0.2) is 11.7 Å². The average molecular weight is 295 g/mol. The molecule has 0 aliphatic carbocycles. The highest BCUT2D eigenvalue weighted by Gasteiger charge is 2.14. The molecule has 0 aromatic heterocycles. The molecule has 4 heteroatoms. The van der Waals surface area contributed by atoms with Crippen LogP contribution < -0.4 is 4.74 Å². The van der Waals surface area contributed by atoms with E-state index in [0.717, 1.165) is 0 Å². The fourth-order valence-corrected chi connectivity index (χ4v) is 2.20. The highest BCUT2D eigenvalue weighted by Crippen LogP contribution is 2.25. The molecular formula is C16H16ClFO2. The van der Waals surface area contributed by atoms with E-state index in [1.807, 2.05) is 13.0 Å². The van der Waals surface area contributed by atoms with Gasteiger partial charge in [-0.3, -0.25) is 0 Å². The van der Waals surface area contributed by atoms with Crippen LogP contribution in [0.25, 0.3) is 0 Å². The molecule has 0 radical (unpaired) electrons. The number of hydrogen-bond donors (Lipinski definition) is 1. The Hall–Kier alpha value is -1.58. The first kappa shape index (κ1) is 14.8. The SMILES string of the molecule is CCOc1cccc(C(O)Cc2cccc(Cl)c2F)c1. The van der Waals surface area contributed by atoms with Gasteiger partial charge >= 0.3 is 0 Å². The summed E-state index contributed by atoms with van der Waals surface area (Å²) in [6, 6.07) is 12.0. The van der Waals surface area contributed by atoms with Crippen LogP contribution in [0.2, 0.25) is 5.02 Å². The van der Waals surface area contributed by atoms with Gasteiger partial charge in [0.05, 0.1) is 17.7 Å². The monoisotopic (exact) mass is 294 g/mol. The smallest absolute Gasteiger partial charge is 0.145 e. The number of aliphatic hydroxyl groups is 1. The van der Waals surface area contributed by atoms with Crippen molar-refractivity contribution in [2.75, 3.05) is 6.61 Å². The van der Waals surface area contributed by atoms with Crippen LogP contribution in [0.15, 0.2) is 42.5 Å². The van der Waals surface area contributed by atoms with Gasteiger partial charge in [-0.05, 0) is 36.2 Å². The van der Waals surface area contributed by atoms with Gasteiger partial charge in [-0.25, -0.2) is 4.39 Å². The maximum absolute atomic E-state index is 13.8. The largest absolute Gasteiger partial charge is 0.494 e. The Labute approximate surface area is 122 Å². The number of halogens is 2. The molecule has 2 aromatic carbocycles. The molecule has 1 unspecified atom stereocenters. The summed E-state index contributed by atoms with van der Waals surface area (Å²) in [6.07, 6.45) is -0.634. The minimum atomic E-state index is -0.802. The predicted octanol–water partition coefficient (Wildman–Crippen LogP) is 4.15. The van der Waals surface area contributed by atoms with E-state index in [9.17, 15) is 9.50 Å². The van der Waals surface area contributed by atoms with Gasteiger partial charge in [0.1, 0.15) is 11.6 Å². The first-order chi connectivity index (χ1) is 9.61. The predicted molar refractivity (Wildman–Crippen MR) is 77.7 cm³/mol. The van der Waals surface area contributed by atoms with E-state index >= 15 is 0 Å². The zero-order valence-corrected chi connectivity index (χ0v) is 11.9. The molecule has 1 N–H and O–H groups in total. The number of rotatable bonds is 5. The molecule has 106 valence electrons. The van der Waals surface area contributed by atoms with Gasteiger partial charge < -0.3 is 9.84 Å². The van der Waals surface area contributed by atoms with E-state index in [0.29, 0.717) is 23.5 Å². The summed E-state index contributed by atoms with van der Waals surface area (Å²) in [7, 11) is 0. The van der Waals surface area contributed by atoms with Gasteiger partial charge in [-0.2, -0.15) is 0 Å². The lowest BCUT2D eigenvalue weighted by atomic mass is 10.0. The zero-order chi connectivity index (χ0) is 14.5. The van der Waals surface area contributed by atoms with E-state index in [1.165, 1.54) is 6.07 Å². The van der Waals surface area contributed by atoms with E-state index < -0.39 is 11.9 Å². The average Bonchev–Trinajstić information content (AvgIpc) is 2.44. The van der Waals surface area contributed by atoms with Gasteiger partial charge in [0.25, 0.3) is 0 Å². The molecule has 0 spiro atoms. The molecule has 0 fully saturated rings. The van der Waals surface area contributed by atoms with Crippen LogP contribution in [-0.2, 0) is 6.42 Å². The van der Waals surface area contributed by atoms with E-state index in [2.05, 4.69) is 0 Å². The molecule has 1 atom stereocenters. The molecule has 0 amide bonds. The minimum Gasteiger partial charge on any atom is -0.494 e. The molecule has 0 aliphatic rings. The Bertz CT molecular complexity index is 586. The second kappa shape index (κ2) is 6.73. The molecule has 20 heavy (non-hydrogen) atoms. The van der Waals surface area contributed by atoms with Crippen LogP contribution in [0.1, 0.15) is 24.2 Å². The first-order valence-electron chi connectivity index (χ1n) is 6.45. The van der Waals surface area contributed by atoms with Crippen molar-refractivity contribution in [1.82, 2.24) is 0 Å². The fourth-order valence-electron chi connectivity index (χ4n) is 2.01. The fraction of sp³-hybridized carbons (Fsp3) is 0.250. The summed E-state index contributed by atoms with van der Waals surface area (Å²) in [5, 5.41) is 10.3. The summed E-state index contributed by atoms with van der Waals surface area (Å²) in [4.78, 5) is 0. The lowest BCUT2D eigenvalue weighted by molar-refractivity contribution is 0.176. The van der Waals surface area contributed by atoms with Gasteiger partial charge in [0, 0.05) is 6.42 Å². The van der Waals surface area contributed by atoms with Crippen LogP contribution in [0.5, 0.6) is 5.75 Å². The third kappa shape index (κ3) is 3.50. The molecule has 2 nitrogen and oxygen atoms in total. The standard InChI is InChI=1S/C16H16ClFO2/c1-2-20-13-7-3-5-11(9-13)15(19)10-12-6-4-8-14(17)16(12)18/h3-9,15,19H,2,10H2,1H3. The maximum atomic E-state index is 13.8. The van der Waals surface area contributed by atoms with Crippen molar-refractivity contribution in [3.05, 3.63) is 64.4 Å². The van der Waals surface area contributed by atoms with Crippen molar-refractivity contribution in [2.24, 2.45) is 0 Å². The highest BCUT2D eigenvalue weighted by molar-refractivity contribution is 6.30. The zero-order valence-electron chi connectivity index (χ0n) is 11.1. The molecule has 0 bridgehead atoms. The highest BCUT2D eigenvalue weighted by atomic mass is 35.5. The van der Waals surface area contributed by atoms with Crippen LogP contribution >= 0.6 is 11.6 Å². The maximum Gasteiger partial charge on any atom is 0.145 e. The van der Waals surface area contributed by atoms with E-state index in [-0.39, 0.29) is 11.4 Å². The van der Waals surface area contributed by atoms with Gasteiger partial charge in [0.2, 0.25) is 0 Å². The minimum absolute atomic E-state index is 0.0674. The molecule has 0 aliphatic heterocycles. The summed E-state index contributed by atoms with van der Waals surface area (Å²) in [5.74, 6) is 0.213.